The van der Waals surface area contributed by atoms with Crippen molar-refractivity contribution in [3.05, 3.63) is 53.8 Å². The van der Waals surface area contributed by atoms with Crippen LogP contribution in [-0.4, -0.2) is 43.2 Å². The minimum atomic E-state index is -3.79. The molecule has 23 heavy (non-hydrogen) atoms. The van der Waals surface area contributed by atoms with Crippen molar-refractivity contribution in [2.45, 2.75) is 4.90 Å². The maximum Gasteiger partial charge on any atom is 0.245 e. The van der Waals surface area contributed by atoms with E-state index in [1.807, 2.05) is 0 Å². The second-order valence-electron chi connectivity index (χ2n) is 5.03. The molecule has 0 bridgehead atoms. The monoisotopic (exact) mass is 351 g/mol. The lowest BCUT2D eigenvalue weighted by Crippen LogP contribution is -2.52. The number of nitrogens with zero attached hydrogens (tertiary/aromatic N) is 3. The van der Waals surface area contributed by atoms with Gasteiger partial charge in [-0.3, -0.25) is 9.78 Å². The van der Waals surface area contributed by atoms with Crippen LogP contribution in [0.4, 0.5) is 5.69 Å². The number of amides is 1. The molecule has 0 saturated carbocycles. The number of piperazine rings is 1. The topological polar surface area (TPSA) is 70.6 Å². The van der Waals surface area contributed by atoms with Gasteiger partial charge in [-0.2, -0.15) is 4.31 Å². The van der Waals surface area contributed by atoms with Crippen LogP contribution in [0.2, 0.25) is 5.02 Å². The molecule has 2 aromatic rings. The number of rotatable bonds is 3. The van der Waals surface area contributed by atoms with Gasteiger partial charge in [-0.05, 0) is 24.3 Å². The van der Waals surface area contributed by atoms with Crippen molar-refractivity contribution in [3.63, 3.8) is 0 Å². The van der Waals surface area contributed by atoms with E-state index in [0.29, 0.717) is 5.69 Å². The van der Waals surface area contributed by atoms with Crippen molar-refractivity contribution < 1.29 is 13.2 Å². The summed E-state index contributed by atoms with van der Waals surface area (Å²) in [5.74, 6) is -0.292. The van der Waals surface area contributed by atoms with Crippen molar-refractivity contribution in [1.82, 2.24) is 9.29 Å². The summed E-state index contributed by atoms with van der Waals surface area (Å²) in [5, 5.41) is 0.148. The lowest BCUT2D eigenvalue weighted by molar-refractivity contribution is -0.119. The SMILES string of the molecule is O=C1CN(S(=O)(=O)c2ccccc2Cl)CCN1c1cccnc1. The molecular formula is C15H14ClN3O3S. The molecule has 1 aliphatic heterocycles. The number of hydrogen-bond donors (Lipinski definition) is 0. The second kappa shape index (κ2) is 6.27. The van der Waals surface area contributed by atoms with E-state index in [1.54, 1.807) is 36.7 Å². The van der Waals surface area contributed by atoms with Crippen molar-refractivity contribution in [2.75, 3.05) is 24.5 Å². The standard InChI is InChI=1S/C15H14ClN3O3S/c16-13-5-1-2-6-14(13)23(21,22)18-8-9-19(15(20)11-18)12-4-3-7-17-10-12/h1-7,10H,8-9,11H2. The molecule has 0 N–H and O–H groups in total. The highest BCUT2D eigenvalue weighted by atomic mass is 35.5. The highest BCUT2D eigenvalue weighted by Crippen LogP contribution is 2.26. The predicted octanol–water partition coefficient (Wildman–Crippen LogP) is 1.77. The van der Waals surface area contributed by atoms with E-state index in [0.717, 1.165) is 4.31 Å². The summed E-state index contributed by atoms with van der Waals surface area (Å²) in [6.07, 6.45) is 3.20. The summed E-state index contributed by atoms with van der Waals surface area (Å²) in [6, 6.07) is 9.72. The van der Waals surface area contributed by atoms with Crippen LogP contribution in [0.15, 0.2) is 53.7 Å². The zero-order valence-electron chi connectivity index (χ0n) is 12.1. The van der Waals surface area contributed by atoms with Crippen molar-refractivity contribution in [3.8, 4) is 0 Å². The number of hydrogen-bond acceptors (Lipinski definition) is 4. The van der Waals surface area contributed by atoms with Crippen LogP contribution in [-0.2, 0) is 14.8 Å². The van der Waals surface area contributed by atoms with E-state index in [1.165, 1.54) is 17.0 Å². The highest BCUT2D eigenvalue weighted by molar-refractivity contribution is 7.89. The van der Waals surface area contributed by atoms with Gasteiger partial charge in [0.25, 0.3) is 0 Å². The molecule has 0 unspecified atom stereocenters. The third kappa shape index (κ3) is 3.08. The Morgan fingerprint density at radius 1 is 1.09 bits per heavy atom. The van der Waals surface area contributed by atoms with Crippen molar-refractivity contribution in [2.24, 2.45) is 0 Å². The Morgan fingerprint density at radius 2 is 1.87 bits per heavy atom. The molecule has 1 aromatic carbocycles. The van der Waals surface area contributed by atoms with Gasteiger partial charge in [0.1, 0.15) is 4.90 Å². The lowest BCUT2D eigenvalue weighted by atomic mass is 10.3. The molecule has 6 nitrogen and oxygen atoms in total. The fourth-order valence-corrected chi connectivity index (χ4v) is 4.31. The average molecular weight is 352 g/mol. The Hall–Kier alpha value is -1.96. The van der Waals surface area contributed by atoms with E-state index in [9.17, 15) is 13.2 Å². The molecule has 1 amide bonds. The van der Waals surface area contributed by atoms with Crippen LogP contribution in [0, 0.1) is 0 Å². The third-order valence-corrected chi connectivity index (χ3v) is 5.94. The normalized spacial score (nSPS) is 16.6. The number of aromatic nitrogens is 1. The van der Waals surface area contributed by atoms with Crippen LogP contribution in [0.1, 0.15) is 0 Å². The van der Waals surface area contributed by atoms with Crippen LogP contribution in [0.25, 0.3) is 0 Å². The van der Waals surface area contributed by atoms with Crippen LogP contribution >= 0.6 is 11.6 Å². The summed E-state index contributed by atoms with van der Waals surface area (Å²) >= 11 is 5.98. The quantitative estimate of drug-likeness (QED) is 0.845. The van der Waals surface area contributed by atoms with Crippen LogP contribution in [0.5, 0.6) is 0 Å². The zero-order chi connectivity index (χ0) is 16.4. The third-order valence-electron chi connectivity index (χ3n) is 3.60. The first kappa shape index (κ1) is 15.9. The minimum Gasteiger partial charge on any atom is -0.308 e. The molecule has 120 valence electrons. The van der Waals surface area contributed by atoms with E-state index in [2.05, 4.69) is 4.98 Å². The Bertz CT molecular complexity index is 827. The summed E-state index contributed by atoms with van der Waals surface area (Å²) in [4.78, 5) is 17.9. The van der Waals surface area contributed by atoms with Crippen molar-refractivity contribution >= 4 is 33.2 Å². The maximum absolute atomic E-state index is 12.7. The minimum absolute atomic E-state index is 0.0179. The van der Waals surface area contributed by atoms with Gasteiger partial charge in [0, 0.05) is 19.3 Å². The summed E-state index contributed by atoms with van der Waals surface area (Å²) in [6.45, 7) is 0.255. The molecule has 2 heterocycles. The number of halogens is 1. The molecule has 0 radical (unpaired) electrons. The lowest BCUT2D eigenvalue weighted by Gasteiger charge is -2.33. The second-order valence-corrected chi connectivity index (χ2v) is 7.34. The van der Waals surface area contributed by atoms with Gasteiger partial charge in [0.15, 0.2) is 0 Å². The van der Waals surface area contributed by atoms with Gasteiger partial charge in [0.2, 0.25) is 15.9 Å². The first-order valence-electron chi connectivity index (χ1n) is 6.95. The van der Waals surface area contributed by atoms with Gasteiger partial charge in [-0.25, -0.2) is 8.42 Å². The fourth-order valence-electron chi connectivity index (χ4n) is 2.44. The van der Waals surface area contributed by atoms with E-state index < -0.39 is 10.0 Å². The van der Waals surface area contributed by atoms with Gasteiger partial charge < -0.3 is 4.90 Å². The summed E-state index contributed by atoms with van der Waals surface area (Å²) < 4.78 is 26.5. The highest BCUT2D eigenvalue weighted by Gasteiger charge is 2.34. The molecule has 0 aliphatic carbocycles. The predicted molar refractivity (Wildman–Crippen MR) is 86.8 cm³/mol. The molecule has 1 fully saturated rings. The Labute approximate surface area is 139 Å². The molecule has 1 aliphatic rings. The summed E-state index contributed by atoms with van der Waals surface area (Å²) in [5.41, 5.74) is 0.660. The first-order chi connectivity index (χ1) is 11.0. The van der Waals surface area contributed by atoms with Gasteiger partial charge in [-0.15, -0.1) is 0 Å². The molecule has 8 heteroatoms. The van der Waals surface area contributed by atoms with Gasteiger partial charge in [0.05, 0.1) is 23.5 Å². The smallest absolute Gasteiger partial charge is 0.245 e. The zero-order valence-corrected chi connectivity index (χ0v) is 13.7. The maximum atomic E-state index is 12.7. The average Bonchev–Trinajstić information content (AvgIpc) is 2.56. The number of carbonyl (C=O) groups excluding carboxylic acids is 1. The number of pyridine rings is 1. The number of benzene rings is 1. The van der Waals surface area contributed by atoms with Crippen LogP contribution < -0.4 is 4.90 Å². The summed E-state index contributed by atoms with van der Waals surface area (Å²) in [7, 11) is -3.79. The molecule has 0 spiro atoms. The molecular weight excluding hydrogens is 338 g/mol. The van der Waals surface area contributed by atoms with E-state index in [4.69, 9.17) is 11.6 Å². The fraction of sp³-hybridized carbons (Fsp3) is 0.200. The van der Waals surface area contributed by atoms with Gasteiger partial charge >= 0.3 is 0 Å². The van der Waals surface area contributed by atoms with Crippen LogP contribution in [0.3, 0.4) is 0 Å². The number of carbonyl (C=O) groups is 1. The molecule has 1 aromatic heterocycles. The number of sulfonamides is 1. The Morgan fingerprint density at radius 3 is 2.52 bits per heavy atom. The largest absolute Gasteiger partial charge is 0.308 e. The molecule has 0 atom stereocenters. The Balaban J connectivity index is 1.83. The molecule has 1 saturated heterocycles. The molecule has 3 rings (SSSR count). The van der Waals surface area contributed by atoms with E-state index in [-0.39, 0.29) is 35.5 Å². The van der Waals surface area contributed by atoms with Crippen molar-refractivity contribution in [1.29, 1.82) is 0 Å². The number of anilines is 1. The Kier molecular flexibility index (Phi) is 4.34. The van der Waals surface area contributed by atoms with E-state index >= 15 is 0 Å². The van der Waals surface area contributed by atoms with Gasteiger partial charge in [-0.1, -0.05) is 23.7 Å². The first-order valence-corrected chi connectivity index (χ1v) is 8.77.